The first kappa shape index (κ1) is 17.2. The number of nitrogens with zero attached hydrogens (tertiary/aromatic N) is 2. The Labute approximate surface area is 147 Å². The second-order valence-electron chi connectivity index (χ2n) is 6.18. The summed E-state index contributed by atoms with van der Waals surface area (Å²) in [5.41, 5.74) is 2.28. The zero-order valence-electron chi connectivity index (χ0n) is 14.3. The van der Waals surface area contributed by atoms with E-state index in [4.69, 9.17) is 0 Å². The molecular weight excluding hydrogens is 317 g/mol. The fourth-order valence-electron chi connectivity index (χ4n) is 2.78. The Morgan fingerprint density at radius 2 is 1.72 bits per heavy atom. The van der Waals surface area contributed by atoms with Gasteiger partial charge in [-0.25, -0.2) is 4.39 Å². The molecule has 25 heavy (non-hydrogen) atoms. The molecule has 1 fully saturated rings. The number of halogens is 1. The van der Waals surface area contributed by atoms with Crippen LogP contribution in [-0.4, -0.2) is 44.0 Å². The molecule has 130 valence electrons. The molecule has 1 aliphatic heterocycles. The van der Waals surface area contributed by atoms with Crippen LogP contribution in [0.4, 0.5) is 15.8 Å². The first-order valence-electron chi connectivity index (χ1n) is 8.39. The third kappa shape index (κ3) is 4.67. The van der Waals surface area contributed by atoms with Gasteiger partial charge in [0.1, 0.15) is 5.82 Å². The average molecular weight is 339 g/mol. The van der Waals surface area contributed by atoms with E-state index in [0.717, 1.165) is 37.6 Å². The van der Waals surface area contributed by atoms with Crippen molar-refractivity contribution >= 4 is 23.4 Å². The van der Waals surface area contributed by atoms with Crippen LogP contribution < -0.4 is 10.2 Å². The van der Waals surface area contributed by atoms with E-state index < -0.39 is 0 Å². The van der Waals surface area contributed by atoms with Gasteiger partial charge < -0.3 is 15.1 Å². The summed E-state index contributed by atoms with van der Waals surface area (Å²) in [5.74, 6) is -0.626. The second kappa shape index (κ2) is 7.94. The van der Waals surface area contributed by atoms with Crippen molar-refractivity contribution in [2.45, 2.75) is 0 Å². The molecule has 5 heteroatoms. The number of rotatable bonds is 4. The molecule has 1 heterocycles. The van der Waals surface area contributed by atoms with E-state index >= 15 is 0 Å². The van der Waals surface area contributed by atoms with Crippen molar-refractivity contribution in [3.05, 3.63) is 66.0 Å². The summed E-state index contributed by atoms with van der Waals surface area (Å²) in [6.45, 7) is 4.12. The Hall–Kier alpha value is -2.66. The van der Waals surface area contributed by atoms with E-state index in [0.29, 0.717) is 5.56 Å². The lowest BCUT2D eigenvalue weighted by molar-refractivity contribution is -0.111. The molecule has 4 nitrogen and oxygen atoms in total. The SMILES string of the molecule is CN1CCN(c2ccc(NC(=O)/C=C/c3ccccc3F)cc2)CC1. The van der Waals surface area contributed by atoms with Gasteiger partial charge in [0.25, 0.3) is 0 Å². The monoisotopic (exact) mass is 339 g/mol. The Morgan fingerprint density at radius 1 is 1.04 bits per heavy atom. The lowest BCUT2D eigenvalue weighted by atomic mass is 10.2. The average Bonchev–Trinajstić information content (AvgIpc) is 2.62. The fourth-order valence-corrected chi connectivity index (χ4v) is 2.78. The molecule has 0 atom stereocenters. The van der Waals surface area contributed by atoms with Gasteiger partial charge in [-0.2, -0.15) is 0 Å². The molecule has 2 aromatic rings. The maximum Gasteiger partial charge on any atom is 0.248 e. The first-order valence-corrected chi connectivity index (χ1v) is 8.39. The van der Waals surface area contributed by atoms with Crippen molar-refractivity contribution in [1.29, 1.82) is 0 Å². The molecule has 3 rings (SSSR count). The molecule has 0 bridgehead atoms. The number of hydrogen-bond acceptors (Lipinski definition) is 3. The van der Waals surface area contributed by atoms with Crippen LogP contribution in [0.5, 0.6) is 0 Å². The predicted octanol–water partition coefficient (Wildman–Crippen LogP) is 3.23. The Bertz CT molecular complexity index is 750. The standard InChI is InChI=1S/C20H22FN3O/c1-23-12-14-24(15-13-23)18-9-7-17(8-10-18)22-20(25)11-6-16-4-2-3-5-19(16)21/h2-11H,12-15H2,1H3,(H,22,25)/b11-6+. The highest BCUT2D eigenvalue weighted by Gasteiger charge is 2.13. The number of carbonyl (C=O) groups excluding carboxylic acids is 1. The number of likely N-dealkylation sites (N-methyl/N-ethyl adjacent to an activating group) is 1. The molecule has 0 radical (unpaired) electrons. The van der Waals surface area contributed by atoms with Crippen LogP contribution >= 0.6 is 0 Å². The minimum Gasteiger partial charge on any atom is -0.369 e. The van der Waals surface area contributed by atoms with Crippen LogP contribution in [0.3, 0.4) is 0 Å². The van der Waals surface area contributed by atoms with Crippen molar-refractivity contribution in [1.82, 2.24) is 4.90 Å². The quantitative estimate of drug-likeness (QED) is 0.869. The van der Waals surface area contributed by atoms with Crippen molar-refractivity contribution in [3.8, 4) is 0 Å². The third-order valence-electron chi connectivity index (χ3n) is 4.32. The van der Waals surface area contributed by atoms with Crippen molar-refractivity contribution in [3.63, 3.8) is 0 Å². The summed E-state index contributed by atoms with van der Waals surface area (Å²) in [6, 6.07) is 14.2. The van der Waals surface area contributed by atoms with Crippen molar-refractivity contribution in [2.24, 2.45) is 0 Å². The lowest BCUT2D eigenvalue weighted by Crippen LogP contribution is -2.44. The maximum atomic E-state index is 13.5. The van der Waals surface area contributed by atoms with Gasteiger partial charge in [0.15, 0.2) is 0 Å². The Kier molecular flexibility index (Phi) is 5.46. The van der Waals surface area contributed by atoms with Crippen molar-refractivity contribution in [2.75, 3.05) is 43.4 Å². The van der Waals surface area contributed by atoms with E-state index in [2.05, 4.69) is 22.2 Å². The molecular formula is C20H22FN3O. The van der Waals surface area contributed by atoms with E-state index in [1.807, 2.05) is 24.3 Å². The zero-order chi connectivity index (χ0) is 17.6. The number of nitrogens with one attached hydrogen (secondary N) is 1. The number of piperazine rings is 1. The van der Waals surface area contributed by atoms with Crippen LogP contribution in [0.2, 0.25) is 0 Å². The summed E-state index contributed by atoms with van der Waals surface area (Å²) in [4.78, 5) is 16.6. The smallest absolute Gasteiger partial charge is 0.248 e. The number of carbonyl (C=O) groups is 1. The van der Waals surface area contributed by atoms with Gasteiger partial charge in [-0.3, -0.25) is 4.79 Å². The highest BCUT2D eigenvalue weighted by molar-refractivity contribution is 6.02. The van der Waals surface area contributed by atoms with Crippen LogP contribution in [0.25, 0.3) is 6.08 Å². The molecule has 1 aliphatic rings. The van der Waals surface area contributed by atoms with Gasteiger partial charge in [0.05, 0.1) is 0 Å². The molecule has 0 aliphatic carbocycles. The van der Waals surface area contributed by atoms with Crippen molar-refractivity contribution < 1.29 is 9.18 Å². The molecule has 0 aromatic heterocycles. The molecule has 1 saturated heterocycles. The minimum absolute atomic E-state index is 0.282. The summed E-state index contributed by atoms with van der Waals surface area (Å²) >= 11 is 0. The molecule has 1 amide bonds. The van der Waals surface area contributed by atoms with Crippen LogP contribution in [0.1, 0.15) is 5.56 Å². The number of hydrogen-bond donors (Lipinski definition) is 1. The summed E-state index contributed by atoms with van der Waals surface area (Å²) in [5, 5.41) is 2.79. The fraction of sp³-hybridized carbons (Fsp3) is 0.250. The highest BCUT2D eigenvalue weighted by atomic mass is 19.1. The number of benzene rings is 2. The van der Waals surface area contributed by atoms with E-state index in [9.17, 15) is 9.18 Å². The summed E-state index contributed by atoms with van der Waals surface area (Å²) in [7, 11) is 2.13. The highest BCUT2D eigenvalue weighted by Crippen LogP contribution is 2.19. The Morgan fingerprint density at radius 3 is 2.40 bits per heavy atom. The van der Waals surface area contributed by atoms with E-state index in [1.165, 1.54) is 18.2 Å². The molecule has 2 aromatic carbocycles. The zero-order valence-corrected chi connectivity index (χ0v) is 14.3. The Balaban J connectivity index is 1.58. The summed E-state index contributed by atoms with van der Waals surface area (Å²) in [6.07, 6.45) is 2.82. The molecule has 0 saturated carbocycles. The van der Waals surface area contributed by atoms with Gasteiger partial charge in [-0.05, 0) is 43.5 Å². The van der Waals surface area contributed by atoms with Crippen LogP contribution in [0, 0.1) is 5.82 Å². The lowest BCUT2D eigenvalue weighted by Gasteiger charge is -2.34. The van der Waals surface area contributed by atoms with Gasteiger partial charge in [0.2, 0.25) is 5.91 Å². The molecule has 0 unspecified atom stereocenters. The van der Waals surface area contributed by atoms with Gasteiger partial charge in [-0.15, -0.1) is 0 Å². The topological polar surface area (TPSA) is 35.6 Å². The van der Waals surface area contributed by atoms with Gasteiger partial charge in [-0.1, -0.05) is 18.2 Å². The van der Waals surface area contributed by atoms with E-state index in [-0.39, 0.29) is 11.7 Å². The predicted molar refractivity (Wildman–Crippen MR) is 100 cm³/mol. The largest absolute Gasteiger partial charge is 0.369 e. The second-order valence-corrected chi connectivity index (χ2v) is 6.18. The molecule has 1 N–H and O–H groups in total. The normalized spacial score (nSPS) is 15.5. The van der Waals surface area contributed by atoms with Gasteiger partial charge in [0, 0.05) is 49.2 Å². The molecule has 0 spiro atoms. The number of amides is 1. The van der Waals surface area contributed by atoms with Crippen LogP contribution in [-0.2, 0) is 4.79 Å². The minimum atomic E-state index is -0.344. The van der Waals surface area contributed by atoms with E-state index in [1.54, 1.807) is 18.2 Å². The van der Waals surface area contributed by atoms with Crippen LogP contribution in [0.15, 0.2) is 54.6 Å². The first-order chi connectivity index (χ1) is 12.1. The van der Waals surface area contributed by atoms with Gasteiger partial charge >= 0.3 is 0 Å². The summed E-state index contributed by atoms with van der Waals surface area (Å²) < 4.78 is 13.5. The maximum absolute atomic E-state index is 13.5. The number of anilines is 2. The third-order valence-corrected chi connectivity index (χ3v) is 4.32.